The number of phenols is 1. The van der Waals surface area contributed by atoms with Crippen LogP contribution in [0.3, 0.4) is 0 Å². The fourth-order valence-electron chi connectivity index (χ4n) is 1.30. The van der Waals surface area contributed by atoms with Gasteiger partial charge in [-0.2, -0.15) is 0 Å². The molecule has 0 aliphatic carbocycles. The maximum Gasteiger partial charge on any atom is 0.134 e. The molecule has 1 aromatic heterocycles. The highest BCUT2D eigenvalue weighted by Crippen LogP contribution is 2.26. The molecule has 84 valence electrons. The summed E-state index contributed by atoms with van der Waals surface area (Å²) >= 11 is 7.43. The first-order chi connectivity index (χ1) is 7.66. The highest BCUT2D eigenvalue weighted by atomic mass is 35.5. The number of benzene rings is 1. The third-order valence-corrected chi connectivity index (χ3v) is 3.48. The SMILES string of the molecule is Cc1ncsc1CNc1ccc(O)c(Cl)c1. The Morgan fingerprint density at radius 3 is 2.94 bits per heavy atom. The van der Waals surface area contributed by atoms with Crippen molar-refractivity contribution in [3.63, 3.8) is 0 Å². The van der Waals surface area contributed by atoms with Gasteiger partial charge in [0, 0.05) is 10.6 Å². The molecule has 0 atom stereocenters. The molecule has 0 amide bonds. The molecular weight excluding hydrogens is 244 g/mol. The summed E-state index contributed by atoms with van der Waals surface area (Å²) in [6.45, 7) is 2.70. The van der Waals surface area contributed by atoms with Gasteiger partial charge in [0.15, 0.2) is 0 Å². The predicted molar refractivity (Wildman–Crippen MR) is 67.3 cm³/mol. The molecule has 2 N–H and O–H groups in total. The average molecular weight is 255 g/mol. The van der Waals surface area contributed by atoms with E-state index >= 15 is 0 Å². The van der Waals surface area contributed by atoms with Gasteiger partial charge >= 0.3 is 0 Å². The van der Waals surface area contributed by atoms with Crippen LogP contribution in [0.2, 0.25) is 5.02 Å². The zero-order valence-electron chi connectivity index (χ0n) is 8.70. The Bertz CT molecular complexity index is 498. The zero-order valence-corrected chi connectivity index (χ0v) is 10.3. The lowest BCUT2D eigenvalue weighted by atomic mass is 10.3. The van der Waals surface area contributed by atoms with E-state index in [1.807, 2.05) is 12.4 Å². The molecule has 16 heavy (non-hydrogen) atoms. The third kappa shape index (κ3) is 2.46. The largest absolute Gasteiger partial charge is 0.506 e. The van der Waals surface area contributed by atoms with Crippen LogP contribution < -0.4 is 5.32 Å². The van der Waals surface area contributed by atoms with E-state index in [0.717, 1.165) is 17.9 Å². The topological polar surface area (TPSA) is 45.2 Å². The summed E-state index contributed by atoms with van der Waals surface area (Å²) in [5, 5.41) is 12.9. The van der Waals surface area contributed by atoms with Gasteiger partial charge in [0.05, 0.1) is 22.8 Å². The molecule has 0 aliphatic heterocycles. The number of aromatic hydroxyl groups is 1. The van der Waals surface area contributed by atoms with E-state index in [-0.39, 0.29) is 5.75 Å². The fraction of sp³-hybridized carbons (Fsp3) is 0.182. The fourth-order valence-corrected chi connectivity index (χ4v) is 2.19. The van der Waals surface area contributed by atoms with Crippen LogP contribution in [0.25, 0.3) is 0 Å². The monoisotopic (exact) mass is 254 g/mol. The van der Waals surface area contributed by atoms with Crippen LogP contribution >= 0.6 is 22.9 Å². The Labute approximate surface area is 103 Å². The number of nitrogens with zero attached hydrogens (tertiary/aromatic N) is 1. The van der Waals surface area contributed by atoms with E-state index in [4.69, 9.17) is 11.6 Å². The van der Waals surface area contributed by atoms with Crippen molar-refractivity contribution in [3.8, 4) is 5.75 Å². The van der Waals surface area contributed by atoms with Crippen molar-refractivity contribution >= 4 is 28.6 Å². The number of thiazole rings is 1. The van der Waals surface area contributed by atoms with Crippen LogP contribution in [-0.2, 0) is 6.54 Å². The van der Waals surface area contributed by atoms with Crippen molar-refractivity contribution in [3.05, 3.63) is 39.3 Å². The second kappa shape index (κ2) is 4.72. The predicted octanol–water partition coefficient (Wildman–Crippen LogP) is 3.42. The number of rotatable bonds is 3. The highest BCUT2D eigenvalue weighted by molar-refractivity contribution is 7.09. The molecule has 1 aromatic carbocycles. The molecule has 0 bridgehead atoms. The minimum Gasteiger partial charge on any atom is -0.506 e. The molecule has 0 fully saturated rings. The van der Waals surface area contributed by atoms with Gasteiger partial charge in [0.2, 0.25) is 0 Å². The van der Waals surface area contributed by atoms with Crippen molar-refractivity contribution in [2.75, 3.05) is 5.32 Å². The Kier molecular flexibility index (Phi) is 3.31. The summed E-state index contributed by atoms with van der Waals surface area (Å²) in [6.07, 6.45) is 0. The molecule has 0 spiro atoms. The van der Waals surface area contributed by atoms with Crippen molar-refractivity contribution in [1.29, 1.82) is 0 Å². The van der Waals surface area contributed by atoms with E-state index in [1.165, 1.54) is 4.88 Å². The normalized spacial score (nSPS) is 10.4. The molecule has 5 heteroatoms. The summed E-state index contributed by atoms with van der Waals surface area (Å²) in [5.41, 5.74) is 3.76. The average Bonchev–Trinajstić information content (AvgIpc) is 2.66. The molecule has 3 nitrogen and oxygen atoms in total. The van der Waals surface area contributed by atoms with Crippen molar-refractivity contribution < 1.29 is 5.11 Å². The van der Waals surface area contributed by atoms with E-state index in [2.05, 4.69) is 10.3 Å². The van der Waals surface area contributed by atoms with E-state index < -0.39 is 0 Å². The van der Waals surface area contributed by atoms with Gasteiger partial charge in [-0.15, -0.1) is 11.3 Å². The van der Waals surface area contributed by atoms with E-state index in [0.29, 0.717) is 5.02 Å². The number of aryl methyl sites for hydroxylation is 1. The summed E-state index contributed by atoms with van der Waals surface area (Å²) in [7, 11) is 0. The molecule has 0 radical (unpaired) electrons. The first kappa shape index (κ1) is 11.2. The zero-order chi connectivity index (χ0) is 11.5. The third-order valence-electron chi connectivity index (χ3n) is 2.25. The number of hydrogen-bond acceptors (Lipinski definition) is 4. The Balaban J connectivity index is 2.05. The van der Waals surface area contributed by atoms with Gasteiger partial charge < -0.3 is 10.4 Å². The lowest BCUT2D eigenvalue weighted by Crippen LogP contribution is -1.98. The molecule has 0 aliphatic rings. The highest BCUT2D eigenvalue weighted by Gasteiger charge is 2.02. The van der Waals surface area contributed by atoms with Crippen LogP contribution in [0.1, 0.15) is 10.6 Å². The summed E-state index contributed by atoms with van der Waals surface area (Å²) in [6, 6.07) is 5.06. The standard InChI is InChI=1S/C11H11ClN2OS/c1-7-11(16-6-14-7)5-13-8-2-3-10(15)9(12)4-8/h2-4,6,13,15H,5H2,1H3. The Morgan fingerprint density at radius 2 is 2.31 bits per heavy atom. The first-order valence-corrected chi connectivity index (χ1v) is 6.04. The number of halogens is 1. The molecule has 0 saturated heterocycles. The van der Waals surface area contributed by atoms with Crippen LogP contribution in [0, 0.1) is 6.92 Å². The number of anilines is 1. The van der Waals surface area contributed by atoms with Gasteiger partial charge in [-0.05, 0) is 25.1 Å². The lowest BCUT2D eigenvalue weighted by molar-refractivity contribution is 0.475. The Morgan fingerprint density at radius 1 is 1.50 bits per heavy atom. The minimum absolute atomic E-state index is 0.0983. The number of phenolic OH excluding ortho intramolecular Hbond substituents is 1. The summed E-state index contributed by atoms with van der Waals surface area (Å²) in [5.74, 6) is 0.0983. The summed E-state index contributed by atoms with van der Waals surface area (Å²) < 4.78 is 0. The smallest absolute Gasteiger partial charge is 0.134 e. The number of hydrogen-bond donors (Lipinski definition) is 2. The van der Waals surface area contributed by atoms with E-state index in [9.17, 15) is 5.11 Å². The molecule has 2 aromatic rings. The maximum atomic E-state index is 9.27. The second-order valence-corrected chi connectivity index (χ2v) is 4.73. The van der Waals surface area contributed by atoms with Crippen LogP contribution in [0.4, 0.5) is 5.69 Å². The molecule has 2 rings (SSSR count). The maximum absolute atomic E-state index is 9.27. The summed E-state index contributed by atoms with van der Waals surface area (Å²) in [4.78, 5) is 5.37. The quantitative estimate of drug-likeness (QED) is 0.825. The van der Waals surface area contributed by atoms with Crippen LogP contribution in [-0.4, -0.2) is 10.1 Å². The van der Waals surface area contributed by atoms with Crippen LogP contribution in [0.5, 0.6) is 5.75 Å². The number of aromatic nitrogens is 1. The molecule has 0 saturated carbocycles. The molecule has 1 heterocycles. The van der Waals surface area contributed by atoms with Crippen molar-refractivity contribution in [1.82, 2.24) is 4.98 Å². The second-order valence-electron chi connectivity index (χ2n) is 3.38. The van der Waals surface area contributed by atoms with Crippen molar-refractivity contribution in [2.45, 2.75) is 13.5 Å². The number of nitrogens with one attached hydrogen (secondary N) is 1. The minimum atomic E-state index is 0.0983. The Hall–Kier alpha value is -1.26. The van der Waals surface area contributed by atoms with Gasteiger partial charge in [-0.3, -0.25) is 0 Å². The lowest BCUT2D eigenvalue weighted by Gasteiger charge is -2.06. The van der Waals surface area contributed by atoms with Gasteiger partial charge in [-0.25, -0.2) is 4.98 Å². The van der Waals surface area contributed by atoms with Gasteiger partial charge in [0.25, 0.3) is 0 Å². The van der Waals surface area contributed by atoms with E-state index in [1.54, 1.807) is 29.5 Å². The molecular formula is C11H11ClN2OS. The molecule has 0 unspecified atom stereocenters. The first-order valence-electron chi connectivity index (χ1n) is 4.78. The van der Waals surface area contributed by atoms with Gasteiger partial charge in [-0.1, -0.05) is 11.6 Å². The van der Waals surface area contributed by atoms with Gasteiger partial charge in [0.1, 0.15) is 5.75 Å². The van der Waals surface area contributed by atoms with Crippen molar-refractivity contribution in [2.24, 2.45) is 0 Å². The van der Waals surface area contributed by atoms with Crippen LogP contribution in [0.15, 0.2) is 23.7 Å².